The molecule has 0 aliphatic carbocycles. The van der Waals surface area contributed by atoms with Crippen molar-refractivity contribution in [1.29, 1.82) is 0 Å². The molecular formula is C16H15F3N2O. The zero-order valence-corrected chi connectivity index (χ0v) is 12.1. The van der Waals surface area contributed by atoms with Crippen LogP contribution in [0.4, 0.5) is 18.9 Å². The number of aromatic nitrogens is 1. The fraction of sp³-hybridized carbons (Fsp3) is 0.312. The average Bonchev–Trinajstić information content (AvgIpc) is 2.45. The Hall–Kier alpha value is -2.42. The number of hydrogen-bond acceptors (Lipinski definition) is 2. The number of nitrogens with one attached hydrogen (secondary N) is 2. The topological polar surface area (TPSA) is 44.9 Å². The Balaban J connectivity index is 2.58. The molecule has 2 aromatic rings. The highest BCUT2D eigenvalue weighted by Gasteiger charge is 2.33. The third-order valence-corrected chi connectivity index (χ3v) is 3.59. The van der Waals surface area contributed by atoms with E-state index in [1.54, 1.807) is 0 Å². The number of hydrogen-bond donors (Lipinski definition) is 2. The number of fused-ring (bicyclic) bond motifs is 1. The molecule has 0 radical (unpaired) electrons. The molecule has 1 atom stereocenters. The van der Waals surface area contributed by atoms with Crippen molar-refractivity contribution in [3.8, 4) is 12.3 Å². The Morgan fingerprint density at radius 2 is 2.00 bits per heavy atom. The van der Waals surface area contributed by atoms with E-state index in [4.69, 9.17) is 6.42 Å². The third-order valence-electron chi connectivity index (χ3n) is 3.59. The summed E-state index contributed by atoms with van der Waals surface area (Å²) in [5.41, 5.74) is -1.71. The number of halogens is 3. The highest BCUT2D eigenvalue weighted by molar-refractivity contribution is 5.85. The minimum atomic E-state index is -4.59. The molecular weight excluding hydrogens is 293 g/mol. The van der Waals surface area contributed by atoms with Gasteiger partial charge in [-0.3, -0.25) is 4.79 Å². The molecule has 6 heteroatoms. The smallest absolute Gasteiger partial charge is 0.369 e. The Labute approximate surface area is 125 Å². The van der Waals surface area contributed by atoms with Gasteiger partial charge >= 0.3 is 6.18 Å². The van der Waals surface area contributed by atoms with Crippen molar-refractivity contribution < 1.29 is 13.2 Å². The zero-order valence-electron chi connectivity index (χ0n) is 12.1. The number of rotatable bonds is 3. The zero-order chi connectivity index (χ0) is 16.5. The summed E-state index contributed by atoms with van der Waals surface area (Å²) in [7, 11) is 0. The Kier molecular flexibility index (Phi) is 3.92. The number of anilines is 1. The van der Waals surface area contributed by atoms with E-state index in [2.05, 4.69) is 16.2 Å². The van der Waals surface area contributed by atoms with Crippen molar-refractivity contribution >= 4 is 16.6 Å². The van der Waals surface area contributed by atoms with E-state index in [0.29, 0.717) is 18.2 Å². The minimum absolute atomic E-state index is 0.0587. The van der Waals surface area contributed by atoms with E-state index in [-0.39, 0.29) is 10.9 Å². The van der Waals surface area contributed by atoms with E-state index in [1.165, 1.54) is 18.2 Å². The summed E-state index contributed by atoms with van der Waals surface area (Å²) in [4.78, 5) is 13.9. The molecule has 0 amide bonds. The van der Waals surface area contributed by atoms with Crippen molar-refractivity contribution in [1.82, 2.24) is 4.98 Å². The number of pyridine rings is 1. The van der Waals surface area contributed by atoms with Crippen molar-refractivity contribution in [3.05, 3.63) is 40.2 Å². The van der Waals surface area contributed by atoms with E-state index in [1.807, 2.05) is 13.8 Å². The lowest BCUT2D eigenvalue weighted by Gasteiger charge is -2.25. The lowest BCUT2D eigenvalue weighted by molar-refractivity contribution is -0.136. The molecule has 1 aromatic carbocycles. The average molecular weight is 308 g/mol. The maximum atomic E-state index is 13.0. The Morgan fingerprint density at radius 1 is 1.32 bits per heavy atom. The van der Waals surface area contributed by atoms with Crippen LogP contribution in [0.2, 0.25) is 0 Å². The molecule has 0 bridgehead atoms. The Bertz CT molecular complexity index is 802. The van der Waals surface area contributed by atoms with Crippen LogP contribution >= 0.6 is 0 Å². The fourth-order valence-corrected chi connectivity index (χ4v) is 2.12. The van der Waals surface area contributed by atoms with Crippen molar-refractivity contribution in [2.45, 2.75) is 32.0 Å². The van der Waals surface area contributed by atoms with Crippen molar-refractivity contribution in [3.63, 3.8) is 0 Å². The Morgan fingerprint density at radius 3 is 2.55 bits per heavy atom. The quantitative estimate of drug-likeness (QED) is 0.848. The molecule has 0 aliphatic heterocycles. The second kappa shape index (κ2) is 5.41. The van der Waals surface area contributed by atoms with Gasteiger partial charge in [0, 0.05) is 17.1 Å². The SMILES string of the molecule is C#CC(C)(CC)Nc1ccc2c(C(F)(F)F)cc(=O)[nH]c2c1. The van der Waals surface area contributed by atoms with Gasteiger partial charge in [-0.15, -0.1) is 6.42 Å². The second-order valence-corrected chi connectivity index (χ2v) is 5.26. The van der Waals surface area contributed by atoms with Crippen LogP contribution < -0.4 is 10.9 Å². The van der Waals surface area contributed by atoms with Gasteiger partial charge in [-0.1, -0.05) is 18.9 Å². The van der Waals surface area contributed by atoms with Crippen LogP contribution in [-0.2, 0) is 6.18 Å². The largest absolute Gasteiger partial charge is 0.417 e. The van der Waals surface area contributed by atoms with Gasteiger partial charge in [0.2, 0.25) is 5.56 Å². The number of benzene rings is 1. The summed E-state index contributed by atoms with van der Waals surface area (Å²) in [5.74, 6) is 2.61. The van der Waals surface area contributed by atoms with Crippen LogP contribution in [0.15, 0.2) is 29.1 Å². The van der Waals surface area contributed by atoms with Crippen LogP contribution in [0, 0.1) is 12.3 Å². The van der Waals surface area contributed by atoms with Gasteiger partial charge in [-0.05, 0) is 25.5 Å². The predicted molar refractivity (Wildman–Crippen MR) is 80.7 cm³/mol. The van der Waals surface area contributed by atoms with E-state index in [0.717, 1.165) is 0 Å². The number of alkyl halides is 3. The summed E-state index contributed by atoms with van der Waals surface area (Å²) >= 11 is 0. The van der Waals surface area contributed by atoms with Crippen molar-refractivity contribution in [2.24, 2.45) is 0 Å². The van der Waals surface area contributed by atoms with E-state index < -0.39 is 22.8 Å². The lowest BCUT2D eigenvalue weighted by Crippen LogP contribution is -2.31. The summed E-state index contributed by atoms with van der Waals surface area (Å²) in [6.45, 7) is 3.71. The van der Waals surface area contributed by atoms with Gasteiger partial charge in [0.15, 0.2) is 0 Å². The standard InChI is InChI=1S/C16H15F3N2O/c1-4-15(3,5-2)21-10-6-7-11-12(16(17,18)19)9-14(22)20-13(11)8-10/h1,6-9,21H,5H2,2-3H3,(H,20,22). The van der Waals surface area contributed by atoms with Crippen LogP contribution in [0.1, 0.15) is 25.8 Å². The highest BCUT2D eigenvalue weighted by atomic mass is 19.4. The van der Waals surface area contributed by atoms with Gasteiger partial charge in [0.1, 0.15) is 0 Å². The van der Waals surface area contributed by atoms with Gasteiger partial charge in [0.05, 0.1) is 16.6 Å². The van der Waals surface area contributed by atoms with Gasteiger partial charge < -0.3 is 10.3 Å². The predicted octanol–water partition coefficient (Wildman–Crippen LogP) is 3.76. The molecule has 3 nitrogen and oxygen atoms in total. The van der Waals surface area contributed by atoms with E-state index in [9.17, 15) is 18.0 Å². The second-order valence-electron chi connectivity index (χ2n) is 5.26. The number of aromatic amines is 1. The monoisotopic (exact) mass is 308 g/mol. The molecule has 1 aromatic heterocycles. The highest BCUT2D eigenvalue weighted by Crippen LogP contribution is 2.34. The van der Waals surface area contributed by atoms with Crippen LogP contribution in [0.3, 0.4) is 0 Å². The lowest BCUT2D eigenvalue weighted by atomic mass is 9.99. The van der Waals surface area contributed by atoms with Gasteiger partial charge in [-0.2, -0.15) is 13.2 Å². The first-order chi connectivity index (χ1) is 10.2. The molecule has 2 N–H and O–H groups in total. The summed E-state index contributed by atoms with van der Waals surface area (Å²) < 4.78 is 39.0. The maximum absolute atomic E-state index is 13.0. The molecule has 1 unspecified atom stereocenters. The van der Waals surface area contributed by atoms with Crippen LogP contribution in [0.5, 0.6) is 0 Å². The van der Waals surface area contributed by atoms with Crippen molar-refractivity contribution in [2.75, 3.05) is 5.32 Å². The first-order valence-electron chi connectivity index (χ1n) is 6.69. The first kappa shape index (κ1) is 16.0. The van der Waals surface area contributed by atoms with Gasteiger partial charge in [-0.25, -0.2) is 0 Å². The first-order valence-corrected chi connectivity index (χ1v) is 6.69. The van der Waals surface area contributed by atoms with Crippen LogP contribution in [0.25, 0.3) is 10.9 Å². The molecule has 0 aliphatic rings. The number of H-pyrrole nitrogens is 1. The van der Waals surface area contributed by atoms with Gasteiger partial charge in [0.25, 0.3) is 0 Å². The molecule has 116 valence electrons. The third kappa shape index (κ3) is 3.08. The molecule has 0 spiro atoms. The maximum Gasteiger partial charge on any atom is 0.417 e. The van der Waals surface area contributed by atoms with E-state index >= 15 is 0 Å². The fourth-order valence-electron chi connectivity index (χ4n) is 2.12. The molecule has 0 saturated heterocycles. The number of terminal acetylenes is 1. The summed E-state index contributed by atoms with van der Waals surface area (Å²) in [6.07, 6.45) is 1.52. The molecule has 1 heterocycles. The minimum Gasteiger partial charge on any atom is -0.369 e. The molecule has 0 fully saturated rings. The molecule has 0 saturated carbocycles. The molecule has 2 rings (SSSR count). The summed E-state index contributed by atoms with van der Waals surface area (Å²) in [5, 5.41) is 3.03. The summed E-state index contributed by atoms with van der Waals surface area (Å²) in [6, 6.07) is 4.86. The molecule has 22 heavy (non-hydrogen) atoms. The van der Waals surface area contributed by atoms with Crippen LogP contribution in [-0.4, -0.2) is 10.5 Å². The normalized spacial score (nSPS) is 14.4.